The van der Waals surface area contributed by atoms with Gasteiger partial charge < -0.3 is 14.5 Å². The van der Waals surface area contributed by atoms with Crippen LogP contribution in [0.4, 0.5) is 0 Å². The van der Waals surface area contributed by atoms with Crippen molar-refractivity contribution < 1.29 is 19.1 Å². The highest BCUT2D eigenvalue weighted by molar-refractivity contribution is 6.07. The average molecular weight is 323 g/mol. The number of benzene rings is 2. The number of ether oxygens (including phenoxy) is 2. The normalized spacial score (nSPS) is 10.6. The van der Waals surface area contributed by atoms with E-state index in [-0.39, 0.29) is 6.61 Å². The summed E-state index contributed by atoms with van der Waals surface area (Å²) in [6.45, 7) is 2.02. The van der Waals surface area contributed by atoms with E-state index in [9.17, 15) is 9.59 Å². The predicted molar refractivity (Wildman–Crippen MR) is 89.9 cm³/mol. The Balaban J connectivity index is 1.87. The van der Waals surface area contributed by atoms with Crippen LogP contribution in [0.15, 0.2) is 48.5 Å². The Kier molecular flexibility index (Phi) is 4.33. The third kappa shape index (κ3) is 3.01. The van der Waals surface area contributed by atoms with Crippen LogP contribution in [0.1, 0.15) is 32.0 Å². The summed E-state index contributed by atoms with van der Waals surface area (Å²) in [5.41, 5.74) is 3.23. The molecule has 3 aromatic rings. The number of aryl methyl sites for hydroxylation is 1. The first-order chi connectivity index (χ1) is 11.6. The van der Waals surface area contributed by atoms with Gasteiger partial charge in [-0.05, 0) is 24.6 Å². The van der Waals surface area contributed by atoms with Gasteiger partial charge in [-0.15, -0.1) is 0 Å². The number of esters is 2. The number of rotatable bonds is 4. The van der Waals surface area contributed by atoms with Crippen molar-refractivity contribution in [3.8, 4) is 0 Å². The molecule has 0 spiro atoms. The minimum atomic E-state index is -0.419. The van der Waals surface area contributed by atoms with Crippen LogP contribution in [0.5, 0.6) is 0 Å². The number of carbonyl (C=O) groups excluding carboxylic acids is 2. The van der Waals surface area contributed by atoms with E-state index >= 15 is 0 Å². The molecule has 5 nitrogen and oxygen atoms in total. The molecular weight excluding hydrogens is 306 g/mol. The second kappa shape index (κ2) is 6.58. The van der Waals surface area contributed by atoms with Gasteiger partial charge in [0, 0.05) is 16.6 Å². The fraction of sp³-hybridized carbons (Fsp3) is 0.158. The fourth-order valence-corrected chi connectivity index (χ4v) is 2.64. The quantitative estimate of drug-likeness (QED) is 0.745. The molecule has 122 valence electrons. The van der Waals surface area contributed by atoms with Gasteiger partial charge in [0.2, 0.25) is 0 Å². The molecule has 0 aliphatic carbocycles. The summed E-state index contributed by atoms with van der Waals surface area (Å²) in [6.07, 6.45) is 0. The van der Waals surface area contributed by atoms with Gasteiger partial charge in [0.1, 0.15) is 6.61 Å². The molecule has 0 aliphatic heterocycles. The number of fused-ring (bicyclic) bond motifs is 1. The Morgan fingerprint density at radius 3 is 2.50 bits per heavy atom. The molecule has 0 unspecified atom stereocenters. The van der Waals surface area contributed by atoms with Crippen LogP contribution in [0.25, 0.3) is 10.9 Å². The van der Waals surface area contributed by atoms with Gasteiger partial charge in [-0.2, -0.15) is 0 Å². The third-order valence-electron chi connectivity index (χ3n) is 3.82. The molecule has 0 amide bonds. The number of hydrogen-bond donors (Lipinski definition) is 1. The molecule has 0 bridgehead atoms. The number of hydrogen-bond acceptors (Lipinski definition) is 4. The van der Waals surface area contributed by atoms with Crippen LogP contribution in [0, 0.1) is 6.92 Å². The smallest absolute Gasteiger partial charge is 0.340 e. The van der Waals surface area contributed by atoms with Crippen LogP contribution in [-0.4, -0.2) is 24.0 Å². The van der Waals surface area contributed by atoms with Crippen LogP contribution in [-0.2, 0) is 16.1 Å². The van der Waals surface area contributed by atoms with Gasteiger partial charge in [0.05, 0.1) is 18.2 Å². The maximum Gasteiger partial charge on any atom is 0.340 e. The Morgan fingerprint density at radius 1 is 1.04 bits per heavy atom. The minimum Gasteiger partial charge on any atom is -0.465 e. The van der Waals surface area contributed by atoms with Crippen molar-refractivity contribution in [3.63, 3.8) is 0 Å². The van der Waals surface area contributed by atoms with E-state index in [1.165, 1.54) is 7.11 Å². The van der Waals surface area contributed by atoms with Gasteiger partial charge >= 0.3 is 11.9 Å². The number of carbonyl (C=O) groups is 2. The summed E-state index contributed by atoms with van der Waals surface area (Å²) in [6, 6.07) is 14.5. The van der Waals surface area contributed by atoms with Crippen molar-refractivity contribution in [1.82, 2.24) is 4.98 Å². The van der Waals surface area contributed by atoms with Crippen molar-refractivity contribution in [2.24, 2.45) is 0 Å². The van der Waals surface area contributed by atoms with Crippen LogP contribution in [0.2, 0.25) is 0 Å². The van der Waals surface area contributed by atoms with Gasteiger partial charge in [-0.25, -0.2) is 9.59 Å². The molecule has 24 heavy (non-hydrogen) atoms. The molecule has 0 saturated carbocycles. The van der Waals surface area contributed by atoms with Crippen LogP contribution < -0.4 is 0 Å². The predicted octanol–water partition coefficient (Wildman–Crippen LogP) is 3.62. The van der Waals surface area contributed by atoms with Crippen molar-refractivity contribution >= 4 is 22.8 Å². The molecule has 5 heteroatoms. The van der Waals surface area contributed by atoms with Crippen LogP contribution >= 0.6 is 0 Å². The van der Waals surface area contributed by atoms with Crippen molar-refractivity contribution in [2.45, 2.75) is 13.5 Å². The van der Waals surface area contributed by atoms with E-state index in [2.05, 4.69) is 4.98 Å². The zero-order chi connectivity index (χ0) is 17.1. The van der Waals surface area contributed by atoms with Crippen LogP contribution in [0.3, 0.4) is 0 Å². The highest BCUT2D eigenvalue weighted by Crippen LogP contribution is 2.24. The van der Waals surface area contributed by atoms with E-state index in [1.807, 2.05) is 30.3 Å². The topological polar surface area (TPSA) is 68.4 Å². The molecular formula is C19H17NO4. The lowest BCUT2D eigenvalue weighted by Crippen LogP contribution is -2.06. The van der Waals surface area contributed by atoms with Gasteiger partial charge in [0.15, 0.2) is 0 Å². The fourth-order valence-electron chi connectivity index (χ4n) is 2.64. The largest absolute Gasteiger partial charge is 0.465 e. The third-order valence-corrected chi connectivity index (χ3v) is 3.82. The summed E-state index contributed by atoms with van der Waals surface area (Å²) in [5, 5.41) is 0.721. The maximum atomic E-state index is 12.5. The summed E-state index contributed by atoms with van der Waals surface area (Å²) in [7, 11) is 1.33. The number of methoxy groups -OCH3 is 1. The lowest BCUT2D eigenvalue weighted by atomic mass is 10.1. The summed E-state index contributed by atoms with van der Waals surface area (Å²) in [5.74, 6) is -0.814. The summed E-state index contributed by atoms with van der Waals surface area (Å²) >= 11 is 0. The Bertz CT molecular complexity index is 896. The number of nitrogens with one attached hydrogen (secondary N) is 1. The molecule has 1 heterocycles. The molecule has 0 atom stereocenters. The Morgan fingerprint density at radius 2 is 1.79 bits per heavy atom. The minimum absolute atomic E-state index is 0.214. The number of H-pyrrole nitrogens is 1. The van der Waals surface area contributed by atoms with Crippen molar-refractivity contribution in [2.75, 3.05) is 7.11 Å². The molecule has 0 radical (unpaired) electrons. The molecule has 0 fully saturated rings. The molecule has 1 aromatic heterocycles. The van der Waals surface area contributed by atoms with E-state index < -0.39 is 11.9 Å². The zero-order valence-corrected chi connectivity index (χ0v) is 13.5. The second-order valence-corrected chi connectivity index (χ2v) is 5.44. The Hall–Kier alpha value is -3.08. The maximum absolute atomic E-state index is 12.5. The first-order valence-electron chi connectivity index (χ1n) is 7.52. The summed E-state index contributed by atoms with van der Waals surface area (Å²) < 4.78 is 10.1. The lowest BCUT2D eigenvalue weighted by Gasteiger charge is -2.05. The molecule has 2 aromatic carbocycles. The highest BCUT2D eigenvalue weighted by atomic mass is 16.5. The Labute approximate surface area is 139 Å². The highest BCUT2D eigenvalue weighted by Gasteiger charge is 2.18. The SMILES string of the molecule is COC(=O)c1ccc2c(C(=O)OCc3ccccc3)c(C)[nH]c2c1. The van der Waals surface area contributed by atoms with E-state index in [0.717, 1.165) is 10.9 Å². The van der Waals surface area contributed by atoms with E-state index in [0.29, 0.717) is 22.3 Å². The first kappa shape index (κ1) is 15.8. The second-order valence-electron chi connectivity index (χ2n) is 5.44. The monoisotopic (exact) mass is 323 g/mol. The van der Waals surface area contributed by atoms with E-state index in [1.54, 1.807) is 25.1 Å². The van der Waals surface area contributed by atoms with E-state index in [4.69, 9.17) is 9.47 Å². The van der Waals surface area contributed by atoms with Crippen molar-refractivity contribution in [1.29, 1.82) is 0 Å². The lowest BCUT2D eigenvalue weighted by molar-refractivity contribution is 0.0474. The first-order valence-corrected chi connectivity index (χ1v) is 7.52. The number of aromatic amines is 1. The number of aromatic nitrogens is 1. The standard InChI is InChI=1S/C19H17NO4/c1-12-17(19(22)24-11-13-6-4-3-5-7-13)15-9-8-14(18(21)23-2)10-16(15)20-12/h3-10,20H,11H2,1-2H3. The molecule has 0 aliphatic rings. The molecule has 3 rings (SSSR count). The van der Waals surface area contributed by atoms with Gasteiger partial charge in [-0.1, -0.05) is 36.4 Å². The summed E-state index contributed by atoms with van der Waals surface area (Å²) in [4.78, 5) is 27.2. The zero-order valence-electron chi connectivity index (χ0n) is 13.5. The average Bonchev–Trinajstić information content (AvgIpc) is 2.94. The molecule has 0 saturated heterocycles. The molecule has 1 N–H and O–H groups in total. The van der Waals surface area contributed by atoms with Crippen molar-refractivity contribution in [3.05, 3.63) is 70.9 Å². The van der Waals surface area contributed by atoms with Gasteiger partial charge in [0.25, 0.3) is 0 Å². The van der Waals surface area contributed by atoms with Gasteiger partial charge in [-0.3, -0.25) is 0 Å².